The lowest BCUT2D eigenvalue weighted by atomic mass is 10.7. The van der Waals surface area contributed by atoms with Crippen LogP contribution in [0.15, 0.2) is 0 Å². The summed E-state index contributed by atoms with van der Waals surface area (Å²) in [5.41, 5.74) is 0. The van der Waals surface area contributed by atoms with Crippen LogP contribution in [0.2, 0.25) is 0 Å². The van der Waals surface area contributed by atoms with Gasteiger partial charge in [0, 0.05) is 27.4 Å². The van der Waals surface area contributed by atoms with E-state index < -0.39 is 0 Å². The first kappa shape index (κ1) is 16.3. The number of methoxy groups -OCH3 is 2. The van der Waals surface area contributed by atoms with Gasteiger partial charge in [-0.3, -0.25) is 0 Å². The van der Waals surface area contributed by atoms with Gasteiger partial charge in [-0.05, 0) is 20.8 Å². The fraction of sp³-hybridized carbons (Fsp3) is 1.00. The normalized spacial score (nSPS) is 9.86. The molecule has 0 N–H and O–H groups in total. The lowest BCUT2D eigenvalue weighted by Gasteiger charge is -2.03. The first-order chi connectivity index (χ1) is 6.72. The smallest absolute Gasteiger partial charge is 0.154 e. The van der Waals surface area contributed by atoms with Gasteiger partial charge in [0.1, 0.15) is 0 Å². The predicted molar refractivity (Wildman–Crippen MR) is 56.5 cm³/mol. The van der Waals surface area contributed by atoms with Crippen LogP contribution in [0.25, 0.3) is 0 Å². The van der Waals surface area contributed by atoms with Gasteiger partial charge in [-0.25, -0.2) is 0 Å². The third-order valence-electron chi connectivity index (χ3n) is 1.44. The quantitative estimate of drug-likeness (QED) is 0.471. The van der Waals surface area contributed by atoms with E-state index in [1.807, 2.05) is 20.8 Å². The highest BCUT2D eigenvalue weighted by atomic mass is 16.7. The maximum atomic E-state index is 5.01. The van der Waals surface area contributed by atoms with Gasteiger partial charge >= 0.3 is 0 Å². The van der Waals surface area contributed by atoms with Crippen molar-refractivity contribution in [1.29, 1.82) is 0 Å². The number of hydrogen-bond acceptors (Lipinski definition) is 4. The van der Waals surface area contributed by atoms with Crippen molar-refractivity contribution in [2.24, 2.45) is 0 Å². The van der Waals surface area contributed by atoms with Crippen molar-refractivity contribution in [3.63, 3.8) is 0 Å². The predicted octanol–water partition coefficient (Wildman–Crippen LogP) is 1.68. The standard InChI is InChI=1S/C6H14O2.C4H10O2/c1-3-7-5-6-8-4-2;1-4(5-2)6-3/h3-6H2,1-2H3;4H,1-3H3. The van der Waals surface area contributed by atoms with Gasteiger partial charge in [0.2, 0.25) is 0 Å². The Morgan fingerprint density at radius 2 is 1.21 bits per heavy atom. The second kappa shape index (κ2) is 15.3. The van der Waals surface area contributed by atoms with Crippen LogP contribution in [0.5, 0.6) is 0 Å². The van der Waals surface area contributed by atoms with Gasteiger partial charge in [-0.15, -0.1) is 0 Å². The molecular formula is C10H24O4. The maximum Gasteiger partial charge on any atom is 0.154 e. The first-order valence-corrected chi connectivity index (χ1v) is 4.93. The highest BCUT2D eigenvalue weighted by Crippen LogP contribution is 1.83. The Morgan fingerprint density at radius 1 is 0.857 bits per heavy atom. The molecule has 0 fully saturated rings. The summed E-state index contributed by atoms with van der Waals surface area (Å²) in [4.78, 5) is 0. The molecule has 0 aliphatic carbocycles. The highest BCUT2D eigenvalue weighted by Gasteiger charge is 1.87. The molecule has 14 heavy (non-hydrogen) atoms. The van der Waals surface area contributed by atoms with Crippen LogP contribution in [0.3, 0.4) is 0 Å². The second-order valence-electron chi connectivity index (χ2n) is 2.43. The van der Waals surface area contributed by atoms with Gasteiger partial charge in [0.25, 0.3) is 0 Å². The van der Waals surface area contributed by atoms with E-state index in [1.54, 1.807) is 14.2 Å². The zero-order valence-corrected chi connectivity index (χ0v) is 10.0. The third-order valence-corrected chi connectivity index (χ3v) is 1.44. The minimum atomic E-state index is -0.0648. The summed E-state index contributed by atoms with van der Waals surface area (Å²) in [5.74, 6) is 0. The summed E-state index contributed by atoms with van der Waals surface area (Å²) in [5, 5.41) is 0. The Hall–Kier alpha value is -0.160. The van der Waals surface area contributed by atoms with Crippen molar-refractivity contribution in [2.75, 3.05) is 40.6 Å². The zero-order valence-electron chi connectivity index (χ0n) is 10.0. The molecule has 0 radical (unpaired) electrons. The van der Waals surface area contributed by atoms with E-state index in [1.165, 1.54) is 0 Å². The van der Waals surface area contributed by atoms with Gasteiger partial charge < -0.3 is 18.9 Å². The summed E-state index contributed by atoms with van der Waals surface area (Å²) in [6, 6.07) is 0. The molecule has 0 spiro atoms. The minimum Gasteiger partial charge on any atom is -0.379 e. The molecule has 0 atom stereocenters. The van der Waals surface area contributed by atoms with Crippen molar-refractivity contribution in [3.8, 4) is 0 Å². The molecule has 0 aromatic heterocycles. The van der Waals surface area contributed by atoms with Crippen LogP contribution in [0.1, 0.15) is 20.8 Å². The third kappa shape index (κ3) is 17.8. The molecule has 0 aliphatic rings. The van der Waals surface area contributed by atoms with E-state index in [9.17, 15) is 0 Å². The molecule has 0 amide bonds. The SMILES string of the molecule is CCOCCOCC.COC(C)OC. The zero-order chi connectivity index (χ0) is 11.2. The molecule has 4 nitrogen and oxygen atoms in total. The maximum absolute atomic E-state index is 5.01. The Balaban J connectivity index is 0. The molecule has 0 unspecified atom stereocenters. The minimum absolute atomic E-state index is 0.0648. The molecular weight excluding hydrogens is 184 g/mol. The highest BCUT2D eigenvalue weighted by molar-refractivity contribution is 4.24. The van der Waals surface area contributed by atoms with Crippen molar-refractivity contribution < 1.29 is 18.9 Å². The van der Waals surface area contributed by atoms with Gasteiger partial charge in [0.15, 0.2) is 6.29 Å². The Bertz CT molecular complexity index is 78.2. The van der Waals surface area contributed by atoms with Crippen molar-refractivity contribution in [2.45, 2.75) is 27.1 Å². The van der Waals surface area contributed by atoms with E-state index in [4.69, 9.17) is 9.47 Å². The summed E-state index contributed by atoms with van der Waals surface area (Å²) < 4.78 is 19.4. The van der Waals surface area contributed by atoms with Crippen LogP contribution in [-0.4, -0.2) is 46.9 Å². The van der Waals surface area contributed by atoms with E-state index in [-0.39, 0.29) is 6.29 Å². The molecule has 0 rings (SSSR count). The molecule has 0 heterocycles. The van der Waals surface area contributed by atoms with E-state index in [2.05, 4.69) is 9.47 Å². The average molecular weight is 208 g/mol. The number of hydrogen-bond donors (Lipinski definition) is 0. The molecule has 88 valence electrons. The number of ether oxygens (including phenoxy) is 4. The first-order valence-electron chi connectivity index (χ1n) is 4.93. The van der Waals surface area contributed by atoms with Crippen molar-refractivity contribution >= 4 is 0 Å². The second-order valence-corrected chi connectivity index (χ2v) is 2.43. The molecule has 0 aromatic carbocycles. The Kier molecular flexibility index (Phi) is 17.8. The average Bonchev–Trinajstić information content (AvgIpc) is 2.24. The Labute approximate surface area is 87.5 Å². The molecule has 0 bridgehead atoms. The van der Waals surface area contributed by atoms with Gasteiger partial charge in [-0.2, -0.15) is 0 Å². The monoisotopic (exact) mass is 208 g/mol. The lowest BCUT2D eigenvalue weighted by molar-refractivity contribution is -0.0877. The fourth-order valence-corrected chi connectivity index (χ4v) is 0.503. The summed E-state index contributed by atoms with van der Waals surface area (Å²) >= 11 is 0. The van der Waals surface area contributed by atoms with E-state index >= 15 is 0 Å². The van der Waals surface area contributed by atoms with E-state index in [0.717, 1.165) is 26.4 Å². The molecule has 0 saturated heterocycles. The number of rotatable bonds is 7. The summed E-state index contributed by atoms with van der Waals surface area (Å²) in [6.45, 7) is 8.81. The van der Waals surface area contributed by atoms with Crippen LogP contribution in [0, 0.1) is 0 Å². The van der Waals surface area contributed by atoms with Crippen LogP contribution < -0.4 is 0 Å². The lowest BCUT2D eigenvalue weighted by Crippen LogP contribution is -2.05. The van der Waals surface area contributed by atoms with Crippen LogP contribution in [-0.2, 0) is 18.9 Å². The fourth-order valence-electron chi connectivity index (χ4n) is 0.503. The molecule has 0 aliphatic heterocycles. The topological polar surface area (TPSA) is 36.9 Å². The van der Waals surface area contributed by atoms with Crippen molar-refractivity contribution in [3.05, 3.63) is 0 Å². The van der Waals surface area contributed by atoms with E-state index in [0.29, 0.717) is 0 Å². The Morgan fingerprint density at radius 3 is 1.36 bits per heavy atom. The van der Waals surface area contributed by atoms with Gasteiger partial charge in [0.05, 0.1) is 13.2 Å². The largest absolute Gasteiger partial charge is 0.379 e. The molecule has 0 aromatic rings. The summed E-state index contributed by atoms with van der Waals surface area (Å²) in [6.07, 6.45) is -0.0648. The van der Waals surface area contributed by atoms with Crippen molar-refractivity contribution in [1.82, 2.24) is 0 Å². The molecule has 4 heteroatoms. The van der Waals surface area contributed by atoms with Gasteiger partial charge in [-0.1, -0.05) is 0 Å². The van der Waals surface area contributed by atoms with Crippen LogP contribution in [0.4, 0.5) is 0 Å². The summed E-state index contributed by atoms with van der Waals surface area (Å²) in [7, 11) is 3.21. The molecule has 0 saturated carbocycles. The van der Waals surface area contributed by atoms with Crippen LogP contribution >= 0.6 is 0 Å².